The second-order valence-electron chi connectivity index (χ2n) is 5.33. The van der Waals surface area contributed by atoms with E-state index >= 15 is 0 Å². The summed E-state index contributed by atoms with van der Waals surface area (Å²) >= 11 is 0. The summed E-state index contributed by atoms with van der Waals surface area (Å²) in [7, 11) is 0. The van der Waals surface area contributed by atoms with Crippen molar-refractivity contribution in [1.29, 1.82) is 0 Å². The molecular weight excluding hydrogens is 290 g/mol. The molecule has 2 N–H and O–H groups in total. The summed E-state index contributed by atoms with van der Waals surface area (Å²) in [6.45, 7) is 5.73. The molecule has 7 heteroatoms. The molecule has 0 aliphatic rings. The zero-order chi connectivity index (χ0) is 14.6. The van der Waals surface area contributed by atoms with E-state index < -0.39 is 0 Å². The third kappa shape index (κ3) is 5.35. The molecule has 0 fully saturated rings. The number of rotatable bonds is 2. The number of aromatic nitrogens is 3. The van der Waals surface area contributed by atoms with E-state index in [-0.39, 0.29) is 24.0 Å². The Hall–Kier alpha value is -2.21. The summed E-state index contributed by atoms with van der Waals surface area (Å²) in [6.07, 6.45) is 4.95. The highest BCUT2D eigenvalue weighted by Crippen LogP contribution is 2.14. The van der Waals surface area contributed by atoms with Crippen LogP contribution in [0, 0.1) is 0 Å². The quantitative estimate of drug-likeness (QED) is 0.894. The second-order valence-corrected chi connectivity index (χ2v) is 5.33. The van der Waals surface area contributed by atoms with Crippen LogP contribution in [0.2, 0.25) is 0 Å². The molecule has 21 heavy (non-hydrogen) atoms. The van der Waals surface area contributed by atoms with Crippen LogP contribution in [0.3, 0.4) is 0 Å². The Morgan fingerprint density at radius 3 is 2.38 bits per heavy atom. The Bertz CT molecular complexity index is 598. The van der Waals surface area contributed by atoms with E-state index in [1.807, 2.05) is 32.9 Å². The lowest BCUT2D eigenvalue weighted by atomic mass is 10.1. The van der Waals surface area contributed by atoms with Crippen molar-refractivity contribution in [2.45, 2.75) is 26.3 Å². The number of nitrogens with zero attached hydrogens (tertiary/aromatic N) is 3. The SMILES string of the molecule is CC(C)(C)NC(=O)Nc1ccnc(-c2ccncc2)n1.Cl. The average Bonchev–Trinajstić information content (AvgIpc) is 2.38. The molecule has 2 aromatic rings. The zero-order valence-corrected chi connectivity index (χ0v) is 12.9. The van der Waals surface area contributed by atoms with Crippen LogP contribution >= 0.6 is 12.4 Å². The Balaban J connectivity index is 0.00000220. The van der Waals surface area contributed by atoms with Crippen molar-refractivity contribution in [3.8, 4) is 11.4 Å². The first-order valence-electron chi connectivity index (χ1n) is 6.27. The van der Waals surface area contributed by atoms with E-state index in [1.165, 1.54) is 0 Å². The monoisotopic (exact) mass is 307 g/mol. The fraction of sp³-hybridized carbons (Fsp3) is 0.286. The van der Waals surface area contributed by atoms with E-state index in [0.29, 0.717) is 11.6 Å². The minimum atomic E-state index is -0.301. The zero-order valence-electron chi connectivity index (χ0n) is 12.1. The third-order valence-corrected chi connectivity index (χ3v) is 2.32. The summed E-state index contributed by atoms with van der Waals surface area (Å²) in [5, 5.41) is 5.50. The number of nitrogens with one attached hydrogen (secondary N) is 2. The van der Waals surface area contributed by atoms with E-state index in [1.54, 1.807) is 24.7 Å². The van der Waals surface area contributed by atoms with Gasteiger partial charge in [0.2, 0.25) is 0 Å². The largest absolute Gasteiger partial charge is 0.333 e. The van der Waals surface area contributed by atoms with E-state index in [9.17, 15) is 4.79 Å². The van der Waals surface area contributed by atoms with Gasteiger partial charge in [-0.25, -0.2) is 14.8 Å². The number of pyridine rings is 1. The average molecular weight is 308 g/mol. The van der Waals surface area contributed by atoms with Gasteiger partial charge in [0, 0.05) is 29.7 Å². The molecule has 0 saturated heterocycles. The number of hydrogen-bond acceptors (Lipinski definition) is 4. The standard InChI is InChI=1S/C14H17N5O.ClH/c1-14(2,3)19-13(20)18-11-6-9-16-12(17-11)10-4-7-15-8-5-10;/h4-9H,1-3H3,(H2,16,17,18,19,20);1H. The highest BCUT2D eigenvalue weighted by molar-refractivity contribution is 5.88. The smallest absolute Gasteiger partial charge is 0.320 e. The molecule has 0 unspecified atom stereocenters. The van der Waals surface area contributed by atoms with E-state index in [2.05, 4.69) is 25.6 Å². The predicted molar refractivity (Wildman–Crippen MR) is 84.4 cm³/mol. The number of anilines is 1. The van der Waals surface area contributed by atoms with Crippen LogP contribution in [0.5, 0.6) is 0 Å². The first-order chi connectivity index (χ1) is 9.44. The highest BCUT2D eigenvalue weighted by atomic mass is 35.5. The Morgan fingerprint density at radius 2 is 1.76 bits per heavy atom. The van der Waals surface area contributed by atoms with Gasteiger partial charge in [-0.1, -0.05) is 0 Å². The maximum Gasteiger partial charge on any atom is 0.320 e. The molecule has 112 valence electrons. The molecule has 0 radical (unpaired) electrons. The van der Waals surface area contributed by atoms with Crippen LogP contribution in [0.4, 0.5) is 10.6 Å². The molecule has 0 spiro atoms. The third-order valence-electron chi connectivity index (χ3n) is 2.32. The molecule has 2 heterocycles. The summed E-state index contributed by atoms with van der Waals surface area (Å²) in [5.41, 5.74) is 0.547. The number of carbonyl (C=O) groups excluding carboxylic acids is 1. The molecule has 0 aliphatic heterocycles. The number of halogens is 1. The van der Waals surface area contributed by atoms with Gasteiger partial charge in [-0.15, -0.1) is 12.4 Å². The van der Waals surface area contributed by atoms with Gasteiger partial charge in [0.1, 0.15) is 5.82 Å². The first-order valence-corrected chi connectivity index (χ1v) is 6.27. The van der Waals surface area contributed by atoms with Crippen LogP contribution < -0.4 is 10.6 Å². The van der Waals surface area contributed by atoms with Gasteiger partial charge >= 0.3 is 6.03 Å². The molecular formula is C14H18ClN5O. The van der Waals surface area contributed by atoms with Gasteiger partial charge in [-0.05, 0) is 39.0 Å². The minimum absolute atomic E-state index is 0. The lowest BCUT2D eigenvalue weighted by molar-refractivity contribution is 0.243. The summed E-state index contributed by atoms with van der Waals surface area (Å²) in [5.74, 6) is 0.995. The Morgan fingerprint density at radius 1 is 1.10 bits per heavy atom. The number of amides is 2. The summed E-state index contributed by atoms with van der Waals surface area (Å²) < 4.78 is 0. The summed E-state index contributed by atoms with van der Waals surface area (Å²) in [4.78, 5) is 24.2. The predicted octanol–water partition coefficient (Wildman–Crippen LogP) is 2.88. The van der Waals surface area contributed by atoms with Crippen molar-refractivity contribution < 1.29 is 4.79 Å². The van der Waals surface area contributed by atoms with Crippen molar-refractivity contribution in [3.05, 3.63) is 36.8 Å². The molecule has 2 rings (SSSR count). The highest BCUT2D eigenvalue weighted by Gasteiger charge is 2.14. The fourth-order valence-electron chi connectivity index (χ4n) is 1.56. The number of urea groups is 1. The minimum Gasteiger partial charge on any atom is -0.333 e. The lowest BCUT2D eigenvalue weighted by Crippen LogP contribution is -2.43. The Labute approximate surface area is 129 Å². The second kappa shape index (κ2) is 6.99. The van der Waals surface area contributed by atoms with E-state index in [4.69, 9.17) is 0 Å². The van der Waals surface area contributed by atoms with Crippen LogP contribution in [-0.4, -0.2) is 26.5 Å². The van der Waals surface area contributed by atoms with Crippen LogP contribution in [0.1, 0.15) is 20.8 Å². The van der Waals surface area contributed by atoms with Gasteiger partial charge in [-0.3, -0.25) is 10.3 Å². The van der Waals surface area contributed by atoms with Gasteiger partial charge < -0.3 is 5.32 Å². The lowest BCUT2D eigenvalue weighted by Gasteiger charge is -2.20. The Kier molecular flexibility index (Phi) is 5.60. The molecule has 0 bridgehead atoms. The van der Waals surface area contributed by atoms with Crippen LogP contribution in [0.15, 0.2) is 36.8 Å². The fourth-order valence-corrected chi connectivity index (χ4v) is 1.56. The van der Waals surface area contributed by atoms with Gasteiger partial charge in [0.15, 0.2) is 5.82 Å². The molecule has 0 atom stereocenters. The maximum absolute atomic E-state index is 11.8. The topological polar surface area (TPSA) is 79.8 Å². The molecule has 0 saturated carbocycles. The van der Waals surface area contributed by atoms with Crippen LogP contribution in [-0.2, 0) is 0 Å². The van der Waals surface area contributed by atoms with Gasteiger partial charge in [0.05, 0.1) is 0 Å². The molecule has 2 aromatic heterocycles. The summed E-state index contributed by atoms with van der Waals surface area (Å²) in [6, 6.07) is 4.98. The first kappa shape index (κ1) is 16.8. The normalized spacial score (nSPS) is 10.4. The van der Waals surface area contributed by atoms with Crippen molar-refractivity contribution in [1.82, 2.24) is 20.3 Å². The van der Waals surface area contributed by atoms with Gasteiger partial charge in [-0.2, -0.15) is 0 Å². The van der Waals surface area contributed by atoms with Crippen molar-refractivity contribution in [2.24, 2.45) is 0 Å². The van der Waals surface area contributed by atoms with Crippen LogP contribution in [0.25, 0.3) is 11.4 Å². The number of hydrogen-bond donors (Lipinski definition) is 2. The van der Waals surface area contributed by atoms with Crippen molar-refractivity contribution in [3.63, 3.8) is 0 Å². The van der Waals surface area contributed by atoms with Gasteiger partial charge in [0.25, 0.3) is 0 Å². The van der Waals surface area contributed by atoms with Crippen molar-refractivity contribution >= 4 is 24.3 Å². The number of carbonyl (C=O) groups is 1. The maximum atomic E-state index is 11.8. The molecule has 6 nitrogen and oxygen atoms in total. The van der Waals surface area contributed by atoms with Crippen molar-refractivity contribution in [2.75, 3.05) is 5.32 Å². The molecule has 0 aromatic carbocycles. The molecule has 0 aliphatic carbocycles. The van der Waals surface area contributed by atoms with E-state index in [0.717, 1.165) is 5.56 Å². The molecule has 2 amide bonds.